The Bertz CT molecular complexity index is 539. The minimum atomic E-state index is -0.149. The lowest BCUT2D eigenvalue weighted by Crippen LogP contribution is -2.36. The van der Waals surface area contributed by atoms with Crippen molar-refractivity contribution >= 4 is 29.1 Å². The summed E-state index contributed by atoms with van der Waals surface area (Å²) in [6.45, 7) is 0.991. The van der Waals surface area contributed by atoms with Gasteiger partial charge in [0.2, 0.25) is 17.7 Å². The lowest BCUT2D eigenvalue weighted by Gasteiger charge is -2.25. The second-order valence-corrected chi connectivity index (χ2v) is 6.27. The van der Waals surface area contributed by atoms with Crippen LogP contribution in [0.15, 0.2) is 16.8 Å². The van der Waals surface area contributed by atoms with Crippen molar-refractivity contribution in [3.05, 3.63) is 22.4 Å². The van der Waals surface area contributed by atoms with Crippen molar-refractivity contribution in [1.82, 2.24) is 9.80 Å². The van der Waals surface area contributed by atoms with E-state index >= 15 is 0 Å². The molecule has 0 aliphatic carbocycles. The van der Waals surface area contributed by atoms with Crippen LogP contribution in [0.4, 0.5) is 0 Å². The Balaban J connectivity index is 1.60. The van der Waals surface area contributed by atoms with E-state index in [4.69, 9.17) is 0 Å². The average molecular weight is 306 g/mol. The summed E-state index contributed by atoms with van der Waals surface area (Å²) in [7, 11) is 0. The topological polar surface area (TPSA) is 57.7 Å². The van der Waals surface area contributed by atoms with E-state index in [0.29, 0.717) is 0 Å². The molecule has 0 bridgehead atoms. The fourth-order valence-corrected chi connectivity index (χ4v) is 3.81. The molecule has 3 amide bonds. The molecule has 3 rings (SSSR count). The average Bonchev–Trinajstić information content (AvgIpc) is 3.18. The molecule has 1 aromatic rings. The van der Waals surface area contributed by atoms with E-state index in [1.165, 1.54) is 10.5 Å². The maximum absolute atomic E-state index is 12.4. The van der Waals surface area contributed by atoms with E-state index in [-0.39, 0.29) is 49.6 Å². The first-order valence-corrected chi connectivity index (χ1v) is 8.26. The molecule has 2 saturated heterocycles. The van der Waals surface area contributed by atoms with E-state index in [2.05, 4.69) is 11.4 Å². The van der Waals surface area contributed by atoms with Crippen LogP contribution in [0.25, 0.3) is 0 Å². The fourth-order valence-electron chi connectivity index (χ4n) is 3.10. The largest absolute Gasteiger partial charge is 0.336 e. The van der Waals surface area contributed by atoms with Crippen molar-refractivity contribution in [3.8, 4) is 0 Å². The van der Waals surface area contributed by atoms with Crippen molar-refractivity contribution in [2.24, 2.45) is 0 Å². The van der Waals surface area contributed by atoms with Crippen LogP contribution in [0, 0.1) is 0 Å². The fraction of sp³-hybridized carbons (Fsp3) is 0.533. The first-order valence-electron chi connectivity index (χ1n) is 7.31. The summed E-state index contributed by atoms with van der Waals surface area (Å²) in [5.41, 5.74) is 1.19. The molecule has 3 heterocycles. The molecule has 112 valence electrons. The highest BCUT2D eigenvalue weighted by Crippen LogP contribution is 2.33. The van der Waals surface area contributed by atoms with Gasteiger partial charge in [-0.25, -0.2) is 0 Å². The number of amides is 3. The minimum Gasteiger partial charge on any atom is -0.336 e. The van der Waals surface area contributed by atoms with Gasteiger partial charge in [-0.3, -0.25) is 19.3 Å². The van der Waals surface area contributed by atoms with Crippen molar-refractivity contribution in [3.63, 3.8) is 0 Å². The van der Waals surface area contributed by atoms with Crippen LogP contribution in [-0.4, -0.2) is 40.6 Å². The van der Waals surface area contributed by atoms with Gasteiger partial charge >= 0.3 is 0 Å². The zero-order chi connectivity index (χ0) is 14.8. The summed E-state index contributed by atoms with van der Waals surface area (Å²) >= 11 is 1.64. The number of hydrogen-bond acceptors (Lipinski definition) is 4. The van der Waals surface area contributed by atoms with Crippen molar-refractivity contribution < 1.29 is 14.4 Å². The Morgan fingerprint density at radius 1 is 1.29 bits per heavy atom. The van der Waals surface area contributed by atoms with Gasteiger partial charge in [0.05, 0.1) is 6.04 Å². The van der Waals surface area contributed by atoms with Crippen LogP contribution in [0.1, 0.15) is 43.7 Å². The molecule has 2 aliphatic rings. The van der Waals surface area contributed by atoms with Gasteiger partial charge in [-0.2, -0.15) is 11.3 Å². The predicted molar refractivity (Wildman–Crippen MR) is 78.6 cm³/mol. The third-order valence-electron chi connectivity index (χ3n) is 4.21. The first kappa shape index (κ1) is 14.3. The van der Waals surface area contributed by atoms with E-state index in [1.807, 2.05) is 10.3 Å². The van der Waals surface area contributed by atoms with Gasteiger partial charge in [-0.05, 0) is 35.2 Å². The van der Waals surface area contributed by atoms with Crippen LogP contribution in [0.3, 0.4) is 0 Å². The predicted octanol–water partition coefficient (Wildman–Crippen LogP) is 1.95. The zero-order valence-corrected chi connectivity index (χ0v) is 12.6. The van der Waals surface area contributed by atoms with Gasteiger partial charge < -0.3 is 4.90 Å². The Morgan fingerprint density at radius 3 is 2.71 bits per heavy atom. The van der Waals surface area contributed by atoms with Crippen LogP contribution >= 0.6 is 11.3 Å². The smallest absolute Gasteiger partial charge is 0.229 e. The molecule has 0 aromatic carbocycles. The molecule has 2 aliphatic heterocycles. The van der Waals surface area contributed by atoms with Gasteiger partial charge in [0.25, 0.3) is 0 Å². The van der Waals surface area contributed by atoms with Crippen molar-refractivity contribution in [2.75, 3.05) is 13.1 Å². The zero-order valence-electron chi connectivity index (χ0n) is 11.8. The molecule has 1 aromatic heterocycles. The lowest BCUT2D eigenvalue weighted by atomic mass is 10.1. The highest BCUT2D eigenvalue weighted by Gasteiger charge is 2.32. The second-order valence-electron chi connectivity index (χ2n) is 5.49. The van der Waals surface area contributed by atoms with Gasteiger partial charge in [0.1, 0.15) is 0 Å². The molecule has 0 spiro atoms. The van der Waals surface area contributed by atoms with E-state index < -0.39 is 0 Å². The number of imide groups is 1. The number of nitrogens with zero attached hydrogens (tertiary/aromatic N) is 2. The maximum atomic E-state index is 12.4. The van der Waals surface area contributed by atoms with E-state index in [9.17, 15) is 14.4 Å². The monoisotopic (exact) mass is 306 g/mol. The molecular weight excluding hydrogens is 288 g/mol. The molecular formula is C15H18N2O3S. The molecule has 1 atom stereocenters. The molecule has 2 fully saturated rings. The summed E-state index contributed by atoms with van der Waals surface area (Å²) in [5.74, 6) is -0.261. The normalized spacial score (nSPS) is 22.4. The number of carbonyl (C=O) groups excluding carboxylic acids is 3. The Labute approximate surface area is 127 Å². The Kier molecular flexibility index (Phi) is 4.05. The molecule has 1 unspecified atom stereocenters. The van der Waals surface area contributed by atoms with Crippen LogP contribution < -0.4 is 0 Å². The van der Waals surface area contributed by atoms with Crippen LogP contribution in [0.5, 0.6) is 0 Å². The lowest BCUT2D eigenvalue weighted by molar-refractivity contribution is -0.139. The number of hydrogen-bond donors (Lipinski definition) is 0. The summed E-state index contributed by atoms with van der Waals surface area (Å²) in [4.78, 5) is 38.6. The van der Waals surface area contributed by atoms with Crippen molar-refractivity contribution in [2.45, 2.75) is 38.1 Å². The highest BCUT2D eigenvalue weighted by molar-refractivity contribution is 7.07. The summed E-state index contributed by atoms with van der Waals surface area (Å²) in [6, 6.07) is 2.22. The number of carbonyl (C=O) groups is 3. The Morgan fingerprint density at radius 2 is 2.05 bits per heavy atom. The van der Waals surface area contributed by atoms with Gasteiger partial charge in [0, 0.05) is 32.4 Å². The highest BCUT2D eigenvalue weighted by atomic mass is 32.1. The van der Waals surface area contributed by atoms with Gasteiger partial charge in [-0.15, -0.1) is 0 Å². The molecule has 0 radical (unpaired) electrons. The van der Waals surface area contributed by atoms with Crippen molar-refractivity contribution in [1.29, 1.82) is 0 Å². The number of likely N-dealkylation sites (tertiary alicyclic amines) is 2. The summed E-state index contributed by atoms with van der Waals surface area (Å²) in [6.07, 6.45) is 2.80. The summed E-state index contributed by atoms with van der Waals surface area (Å²) in [5, 5.41) is 4.11. The molecule has 0 N–H and O–H groups in total. The SMILES string of the molecule is O=C1CCC(=O)N1CCC(=O)N1CCCC1c1ccsc1. The minimum absolute atomic E-state index is 0.0381. The van der Waals surface area contributed by atoms with Gasteiger partial charge in [-0.1, -0.05) is 0 Å². The third kappa shape index (κ3) is 2.85. The number of thiophene rings is 1. The number of rotatable bonds is 4. The molecule has 0 saturated carbocycles. The second kappa shape index (κ2) is 5.97. The molecule has 21 heavy (non-hydrogen) atoms. The standard InChI is InChI=1S/C15H18N2O3S/c18-13-3-4-14(19)17(13)8-5-15(20)16-7-1-2-12(16)11-6-9-21-10-11/h6,9-10,12H,1-5,7-8H2. The van der Waals surface area contributed by atoms with E-state index in [1.54, 1.807) is 11.3 Å². The van der Waals surface area contributed by atoms with Crippen LogP contribution in [-0.2, 0) is 14.4 Å². The van der Waals surface area contributed by atoms with Crippen LogP contribution in [0.2, 0.25) is 0 Å². The van der Waals surface area contributed by atoms with Gasteiger partial charge in [0.15, 0.2) is 0 Å². The molecule has 5 nitrogen and oxygen atoms in total. The molecule has 6 heteroatoms. The first-order chi connectivity index (χ1) is 10.2. The maximum Gasteiger partial charge on any atom is 0.229 e. The summed E-state index contributed by atoms with van der Waals surface area (Å²) < 4.78 is 0. The third-order valence-corrected chi connectivity index (χ3v) is 4.91. The van der Waals surface area contributed by atoms with E-state index in [0.717, 1.165) is 19.4 Å². The quantitative estimate of drug-likeness (QED) is 0.799. The Hall–Kier alpha value is -1.69.